The van der Waals surface area contributed by atoms with E-state index < -0.39 is 17.6 Å². The van der Waals surface area contributed by atoms with Gasteiger partial charge in [-0.25, -0.2) is 4.39 Å². The number of nitrogens with one attached hydrogen (secondary N) is 2. The number of benzene rings is 1. The molecule has 0 radical (unpaired) electrons. The molecule has 7 nitrogen and oxygen atoms in total. The number of carbonyl (C=O) groups excluding carboxylic acids is 3. The molecule has 150 valence electrons. The Morgan fingerprint density at radius 2 is 1.83 bits per heavy atom. The van der Waals surface area contributed by atoms with Crippen molar-refractivity contribution in [1.29, 1.82) is 0 Å². The van der Waals surface area contributed by atoms with Gasteiger partial charge in [-0.15, -0.1) is 11.3 Å². The molecule has 0 spiro atoms. The van der Waals surface area contributed by atoms with Crippen molar-refractivity contribution in [3.8, 4) is 0 Å². The Bertz CT molecular complexity index is 1100. The van der Waals surface area contributed by atoms with E-state index in [0.29, 0.717) is 27.7 Å². The zero-order valence-electron chi connectivity index (χ0n) is 16.1. The quantitative estimate of drug-likeness (QED) is 0.594. The summed E-state index contributed by atoms with van der Waals surface area (Å²) in [5.41, 5.74) is 1.37. The zero-order chi connectivity index (χ0) is 21.1. The first-order chi connectivity index (χ1) is 13.8. The van der Waals surface area contributed by atoms with E-state index >= 15 is 0 Å². The highest BCUT2D eigenvalue weighted by molar-refractivity contribution is 7.16. The van der Waals surface area contributed by atoms with Crippen LogP contribution in [0.1, 0.15) is 49.2 Å². The molecule has 3 rings (SSSR count). The summed E-state index contributed by atoms with van der Waals surface area (Å²) in [7, 11) is 0. The molecule has 0 aliphatic carbocycles. The van der Waals surface area contributed by atoms with E-state index in [2.05, 4.69) is 15.7 Å². The molecule has 0 bridgehead atoms. The summed E-state index contributed by atoms with van der Waals surface area (Å²) in [6, 6.07) is 6.68. The third kappa shape index (κ3) is 4.75. The summed E-state index contributed by atoms with van der Waals surface area (Å²) in [6.07, 6.45) is 1.69. The van der Waals surface area contributed by atoms with Gasteiger partial charge in [0.25, 0.3) is 11.8 Å². The smallest absolute Gasteiger partial charge is 0.265 e. The van der Waals surface area contributed by atoms with Crippen molar-refractivity contribution in [2.75, 3.05) is 10.6 Å². The number of halogens is 1. The van der Waals surface area contributed by atoms with Crippen LogP contribution in [-0.4, -0.2) is 27.4 Å². The zero-order valence-corrected chi connectivity index (χ0v) is 16.9. The van der Waals surface area contributed by atoms with Crippen molar-refractivity contribution < 1.29 is 18.8 Å². The van der Waals surface area contributed by atoms with Gasteiger partial charge in [0.05, 0.1) is 21.1 Å². The number of carbonyl (C=O) groups is 3. The maximum absolute atomic E-state index is 14.0. The average molecular weight is 414 g/mol. The molecule has 0 saturated heterocycles. The topological polar surface area (TPSA) is 93.1 Å². The fourth-order valence-electron chi connectivity index (χ4n) is 2.63. The van der Waals surface area contributed by atoms with Crippen LogP contribution in [0.15, 0.2) is 36.5 Å². The van der Waals surface area contributed by atoms with Gasteiger partial charge < -0.3 is 10.6 Å². The van der Waals surface area contributed by atoms with Crippen LogP contribution in [-0.2, 0) is 6.54 Å². The van der Waals surface area contributed by atoms with Gasteiger partial charge in [0, 0.05) is 24.0 Å². The number of hydrogen-bond acceptors (Lipinski definition) is 5. The Balaban J connectivity index is 1.77. The highest BCUT2D eigenvalue weighted by Gasteiger charge is 2.15. The van der Waals surface area contributed by atoms with Crippen molar-refractivity contribution in [2.24, 2.45) is 0 Å². The molecule has 9 heteroatoms. The van der Waals surface area contributed by atoms with Crippen molar-refractivity contribution in [1.82, 2.24) is 9.78 Å². The minimum absolute atomic E-state index is 0.0551. The number of nitrogens with zero attached hydrogens (tertiary/aromatic N) is 2. The second-order valence-corrected chi connectivity index (χ2v) is 7.42. The molecule has 0 aliphatic rings. The molecule has 3 aromatic rings. The van der Waals surface area contributed by atoms with Crippen LogP contribution in [0, 0.1) is 12.7 Å². The van der Waals surface area contributed by atoms with Crippen molar-refractivity contribution in [2.45, 2.75) is 27.3 Å². The number of Topliss-reactive ketones (excluding diaryl/α,β-unsaturated/α-hetero) is 1. The van der Waals surface area contributed by atoms with Gasteiger partial charge in [0.15, 0.2) is 5.78 Å². The number of aromatic nitrogens is 2. The predicted octanol–water partition coefficient (Wildman–Crippen LogP) is 4.12. The Hall–Kier alpha value is -3.33. The van der Waals surface area contributed by atoms with Gasteiger partial charge >= 0.3 is 0 Å². The van der Waals surface area contributed by atoms with Crippen LogP contribution in [0.2, 0.25) is 0 Å². The molecule has 29 heavy (non-hydrogen) atoms. The van der Waals surface area contributed by atoms with Crippen LogP contribution >= 0.6 is 11.3 Å². The average Bonchev–Trinajstić information content (AvgIpc) is 3.28. The highest BCUT2D eigenvalue weighted by atomic mass is 32.1. The van der Waals surface area contributed by atoms with E-state index in [-0.39, 0.29) is 17.0 Å². The monoisotopic (exact) mass is 414 g/mol. The van der Waals surface area contributed by atoms with Crippen LogP contribution in [0.25, 0.3) is 0 Å². The number of anilines is 2. The number of hydrogen-bond donors (Lipinski definition) is 2. The highest BCUT2D eigenvalue weighted by Crippen LogP contribution is 2.21. The Morgan fingerprint density at radius 3 is 2.45 bits per heavy atom. The molecule has 1 aromatic carbocycles. The maximum atomic E-state index is 14.0. The second kappa shape index (κ2) is 8.36. The van der Waals surface area contributed by atoms with Crippen molar-refractivity contribution in [3.63, 3.8) is 0 Å². The van der Waals surface area contributed by atoms with Crippen molar-refractivity contribution >= 4 is 40.3 Å². The van der Waals surface area contributed by atoms with E-state index in [4.69, 9.17) is 0 Å². The van der Waals surface area contributed by atoms with E-state index in [1.807, 2.05) is 6.92 Å². The Morgan fingerprint density at radius 1 is 1.10 bits per heavy atom. The van der Waals surface area contributed by atoms with E-state index in [0.717, 1.165) is 23.5 Å². The fourth-order valence-corrected chi connectivity index (χ4v) is 3.43. The van der Waals surface area contributed by atoms with E-state index in [1.54, 1.807) is 23.9 Å². The predicted molar refractivity (Wildman–Crippen MR) is 109 cm³/mol. The lowest BCUT2D eigenvalue weighted by Gasteiger charge is -2.08. The number of amides is 2. The third-order valence-electron chi connectivity index (χ3n) is 4.11. The van der Waals surface area contributed by atoms with Crippen LogP contribution in [0.4, 0.5) is 15.8 Å². The SMILES string of the molecule is CCn1cc(NC(=O)c2cc(F)cc(NC(=O)c3ccc(C(C)=O)s3)c2)c(C)n1. The third-order valence-corrected chi connectivity index (χ3v) is 5.30. The first kappa shape index (κ1) is 20.4. The van der Waals surface area contributed by atoms with E-state index in [9.17, 15) is 18.8 Å². The molecule has 2 N–H and O–H groups in total. The van der Waals surface area contributed by atoms with Crippen LogP contribution in [0.5, 0.6) is 0 Å². The van der Waals surface area contributed by atoms with Gasteiger partial charge in [-0.05, 0) is 51.1 Å². The van der Waals surface area contributed by atoms with Gasteiger partial charge in [-0.1, -0.05) is 0 Å². The molecule has 0 saturated carbocycles. The number of rotatable bonds is 6. The van der Waals surface area contributed by atoms with Gasteiger partial charge in [0.2, 0.25) is 0 Å². The molecular formula is C20H19FN4O3S. The lowest BCUT2D eigenvalue weighted by atomic mass is 10.1. The van der Waals surface area contributed by atoms with E-state index in [1.165, 1.54) is 19.1 Å². The first-order valence-electron chi connectivity index (χ1n) is 8.85. The summed E-state index contributed by atoms with van der Waals surface area (Å²) in [6.45, 7) is 5.75. The normalized spacial score (nSPS) is 10.6. The summed E-state index contributed by atoms with van der Waals surface area (Å²) < 4.78 is 15.7. The molecule has 0 atom stereocenters. The van der Waals surface area contributed by atoms with Crippen LogP contribution in [0.3, 0.4) is 0 Å². The van der Waals surface area contributed by atoms with Gasteiger partial charge in [-0.2, -0.15) is 5.10 Å². The Labute approximate surface area is 170 Å². The standard InChI is InChI=1S/C20H19FN4O3S/c1-4-25-10-16(11(2)24-25)23-19(27)13-7-14(21)9-15(8-13)22-20(28)18-6-5-17(29-18)12(3)26/h5-10H,4H2,1-3H3,(H,22,28)(H,23,27). The molecule has 2 amide bonds. The second-order valence-electron chi connectivity index (χ2n) is 6.34. The molecule has 2 heterocycles. The van der Waals surface area contributed by atoms with Crippen LogP contribution < -0.4 is 10.6 Å². The van der Waals surface area contributed by atoms with Crippen molar-refractivity contribution in [3.05, 3.63) is 63.4 Å². The molecule has 0 aliphatic heterocycles. The summed E-state index contributed by atoms with van der Waals surface area (Å²) in [5, 5.41) is 9.50. The summed E-state index contributed by atoms with van der Waals surface area (Å²) >= 11 is 1.05. The van der Waals surface area contributed by atoms with Gasteiger partial charge in [0.1, 0.15) is 5.82 Å². The van der Waals surface area contributed by atoms with Gasteiger partial charge in [-0.3, -0.25) is 19.1 Å². The molecule has 2 aromatic heterocycles. The number of thiophene rings is 1. The number of aryl methyl sites for hydroxylation is 2. The molecule has 0 fully saturated rings. The fraction of sp³-hybridized carbons (Fsp3) is 0.200. The first-order valence-corrected chi connectivity index (χ1v) is 9.66. The largest absolute Gasteiger partial charge is 0.321 e. The molecule has 0 unspecified atom stereocenters. The number of ketones is 1. The lowest BCUT2D eigenvalue weighted by molar-refractivity contribution is 0.101. The summed E-state index contributed by atoms with van der Waals surface area (Å²) in [4.78, 5) is 37.1. The minimum Gasteiger partial charge on any atom is -0.321 e. The molecular weight excluding hydrogens is 395 g/mol. The maximum Gasteiger partial charge on any atom is 0.265 e. The summed E-state index contributed by atoms with van der Waals surface area (Å²) in [5.74, 6) is -1.81. The Kier molecular flexibility index (Phi) is 5.88. The minimum atomic E-state index is -0.662. The lowest BCUT2D eigenvalue weighted by Crippen LogP contribution is -2.15.